The number of hydrogen-bond acceptors (Lipinski definition) is 5. The smallest absolute Gasteiger partial charge is 0.231 e. The van der Waals surface area contributed by atoms with Crippen molar-refractivity contribution in [2.24, 2.45) is 0 Å². The van der Waals surface area contributed by atoms with Crippen LogP contribution in [0.4, 0.5) is 5.69 Å². The monoisotopic (exact) mass is 274 g/mol. The SMILES string of the molecule is CC(C)(C)n1cc(CNc2ccc3c(c2)OCO3)nn1. The number of nitrogens with zero attached hydrogens (tertiary/aromatic N) is 3. The van der Waals surface area contributed by atoms with E-state index < -0.39 is 0 Å². The molecule has 106 valence electrons. The lowest BCUT2D eigenvalue weighted by molar-refractivity contribution is 0.174. The summed E-state index contributed by atoms with van der Waals surface area (Å²) < 4.78 is 12.5. The molecule has 20 heavy (non-hydrogen) atoms. The van der Waals surface area contributed by atoms with Gasteiger partial charge in [-0.25, -0.2) is 4.68 Å². The minimum absolute atomic E-state index is 0.0516. The number of aromatic nitrogens is 3. The Kier molecular flexibility index (Phi) is 3.00. The molecule has 0 saturated heterocycles. The molecule has 0 aliphatic carbocycles. The molecular weight excluding hydrogens is 256 g/mol. The van der Waals surface area contributed by atoms with Gasteiger partial charge in [-0.1, -0.05) is 5.21 Å². The number of fused-ring (bicyclic) bond motifs is 1. The molecular formula is C14H18N4O2. The summed E-state index contributed by atoms with van der Waals surface area (Å²) in [6, 6.07) is 5.79. The lowest BCUT2D eigenvalue weighted by Gasteiger charge is -2.17. The molecule has 2 aromatic rings. The van der Waals surface area contributed by atoms with Crippen LogP contribution in [-0.2, 0) is 12.1 Å². The Balaban J connectivity index is 1.66. The highest BCUT2D eigenvalue weighted by atomic mass is 16.7. The van der Waals surface area contributed by atoms with E-state index in [0.717, 1.165) is 22.9 Å². The molecule has 2 heterocycles. The molecule has 0 fully saturated rings. The third kappa shape index (κ3) is 2.54. The Morgan fingerprint density at radius 2 is 2.05 bits per heavy atom. The molecule has 6 nitrogen and oxygen atoms in total. The second-order valence-corrected chi connectivity index (χ2v) is 5.75. The highest BCUT2D eigenvalue weighted by Crippen LogP contribution is 2.34. The van der Waals surface area contributed by atoms with E-state index in [1.54, 1.807) is 0 Å². The summed E-state index contributed by atoms with van der Waals surface area (Å²) in [6.45, 7) is 7.19. The van der Waals surface area contributed by atoms with E-state index in [9.17, 15) is 0 Å². The van der Waals surface area contributed by atoms with Gasteiger partial charge in [0.2, 0.25) is 6.79 Å². The highest BCUT2D eigenvalue weighted by Gasteiger charge is 2.15. The lowest BCUT2D eigenvalue weighted by Crippen LogP contribution is -2.22. The van der Waals surface area contributed by atoms with Gasteiger partial charge in [-0.05, 0) is 32.9 Å². The van der Waals surface area contributed by atoms with Crippen LogP contribution in [0.15, 0.2) is 24.4 Å². The van der Waals surface area contributed by atoms with Gasteiger partial charge in [-0.3, -0.25) is 0 Å². The lowest BCUT2D eigenvalue weighted by atomic mass is 10.1. The third-order valence-corrected chi connectivity index (χ3v) is 3.07. The molecule has 0 amide bonds. The maximum Gasteiger partial charge on any atom is 0.231 e. The standard InChI is InChI=1S/C14H18N4O2/c1-14(2,3)18-8-11(16-17-18)7-15-10-4-5-12-13(6-10)20-9-19-12/h4-6,8,15H,7,9H2,1-3H3. The van der Waals surface area contributed by atoms with Crippen molar-refractivity contribution in [2.75, 3.05) is 12.1 Å². The molecule has 0 atom stereocenters. The van der Waals surface area contributed by atoms with Crippen LogP contribution < -0.4 is 14.8 Å². The van der Waals surface area contributed by atoms with Crippen LogP contribution in [0.5, 0.6) is 11.5 Å². The van der Waals surface area contributed by atoms with E-state index in [1.807, 2.05) is 29.1 Å². The van der Waals surface area contributed by atoms with Gasteiger partial charge in [0.1, 0.15) is 5.69 Å². The molecule has 1 N–H and O–H groups in total. The predicted octanol–water partition coefficient (Wildman–Crippen LogP) is 2.37. The van der Waals surface area contributed by atoms with E-state index in [2.05, 4.69) is 36.4 Å². The maximum absolute atomic E-state index is 5.35. The zero-order chi connectivity index (χ0) is 14.2. The first kappa shape index (κ1) is 12.8. The van der Waals surface area contributed by atoms with Crippen LogP contribution in [0.2, 0.25) is 0 Å². The minimum Gasteiger partial charge on any atom is -0.454 e. The zero-order valence-electron chi connectivity index (χ0n) is 11.9. The molecule has 0 bridgehead atoms. The Hall–Kier alpha value is -2.24. The Labute approximate surface area is 117 Å². The van der Waals surface area contributed by atoms with Crippen molar-refractivity contribution in [1.29, 1.82) is 0 Å². The van der Waals surface area contributed by atoms with Crippen LogP contribution in [0.1, 0.15) is 26.5 Å². The number of benzene rings is 1. The van der Waals surface area contributed by atoms with Crippen molar-refractivity contribution in [3.63, 3.8) is 0 Å². The second kappa shape index (κ2) is 4.70. The quantitative estimate of drug-likeness (QED) is 0.931. The number of nitrogens with one attached hydrogen (secondary N) is 1. The summed E-state index contributed by atoms with van der Waals surface area (Å²) in [6.07, 6.45) is 1.96. The fraction of sp³-hybridized carbons (Fsp3) is 0.429. The van der Waals surface area contributed by atoms with Crippen LogP contribution in [0.25, 0.3) is 0 Å². The first-order valence-electron chi connectivity index (χ1n) is 6.57. The van der Waals surface area contributed by atoms with Gasteiger partial charge in [-0.2, -0.15) is 0 Å². The van der Waals surface area contributed by atoms with E-state index in [4.69, 9.17) is 9.47 Å². The van der Waals surface area contributed by atoms with Crippen LogP contribution in [0.3, 0.4) is 0 Å². The Morgan fingerprint density at radius 3 is 2.80 bits per heavy atom. The van der Waals surface area contributed by atoms with Gasteiger partial charge in [-0.15, -0.1) is 5.10 Å². The van der Waals surface area contributed by atoms with Crippen LogP contribution >= 0.6 is 0 Å². The van der Waals surface area contributed by atoms with Crippen LogP contribution in [-0.4, -0.2) is 21.8 Å². The number of rotatable bonds is 3. The summed E-state index contributed by atoms with van der Waals surface area (Å²) in [7, 11) is 0. The third-order valence-electron chi connectivity index (χ3n) is 3.07. The van der Waals surface area contributed by atoms with Gasteiger partial charge in [0.05, 0.1) is 18.3 Å². The Morgan fingerprint density at radius 1 is 1.25 bits per heavy atom. The van der Waals surface area contributed by atoms with Crippen molar-refractivity contribution < 1.29 is 9.47 Å². The fourth-order valence-corrected chi connectivity index (χ4v) is 1.91. The van der Waals surface area contributed by atoms with Crippen molar-refractivity contribution in [2.45, 2.75) is 32.9 Å². The minimum atomic E-state index is -0.0516. The second-order valence-electron chi connectivity index (χ2n) is 5.75. The van der Waals surface area contributed by atoms with Crippen molar-refractivity contribution in [3.05, 3.63) is 30.1 Å². The molecule has 3 rings (SSSR count). The van der Waals surface area contributed by atoms with E-state index in [-0.39, 0.29) is 5.54 Å². The molecule has 0 saturated carbocycles. The first-order chi connectivity index (χ1) is 9.52. The zero-order valence-corrected chi connectivity index (χ0v) is 11.9. The number of hydrogen-bond donors (Lipinski definition) is 1. The maximum atomic E-state index is 5.35. The summed E-state index contributed by atoms with van der Waals surface area (Å²) in [5.41, 5.74) is 1.82. The molecule has 1 aliphatic rings. The number of ether oxygens (including phenoxy) is 2. The van der Waals surface area contributed by atoms with E-state index >= 15 is 0 Å². The van der Waals surface area contributed by atoms with Gasteiger partial charge < -0.3 is 14.8 Å². The molecule has 6 heteroatoms. The van der Waals surface area contributed by atoms with Gasteiger partial charge in [0, 0.05) is 11.8 Å². The summed E-state index contributed by atoms with van der Waals surface area (Å²) in [4.78, 5) is 0. The molecule has 0 unspecified atom stereocenters. The highest BCUT2D eigenvalue weighted by molar-refractivity contribution is 5.55. The van der Waals surface area contributed by atoms with Crippen molar-refractivity contribution >= 4 is 5.69 Å². The first-order valence-corrected chi connectivity index (χ1v) is 6.57. The molecule has 0 radical (unpaired) electrons. The van der Waals surface area contributed by atoms with Gasteiger partial charge >= 0.3 is 0 Å². The fourth-order valence-electron chi connectivity index (χ4n) is 1.91. The normalized spacial score (nSPS) is 13.6. The van der Waals surface area contributed by atoms with Gasteiger partial charge in [0.15, 0.2) is 11.5 Å². The summed E-state index contributed by atoms with van der Waals surface area (Å²) >= 11 is 0. The van der Waals surface area contributed by atoms with E-state index in [0.29, 0.717) is 13.3 Å². The average molecular weight is 274 g/mol. The average Bonchev–Trinajstić information content (AvgIpc) is 3.04. The van der Waals surface area contributed by atoms with Crippen molar-refractivity contribution in [1.82, 2.24) is 15.0 Å². The summed E-state index contributed by atoms with van der Waals surface area (Å²) in [5.74, 6) is 1.56. The van der Waals surface area contributed by atoms with Crippen LogP contribution in [0, 0.1) is 0 Å². The molecule has 1 aliphatic heterocycles. The van der Waals surface area contributed by atoms with Gasteiger partial charge in [0.25, 0.3) is 0 Å². The topological polar surface area (TPSA) is 61.2 Å². The largest absolute Gasteiger partial charge is 0.454 e. The van der Waals surface area contributed by atoms with E-state index in [1.165, 1.54) is 0 Å². The predicted molar refractivity (Wildman–Crippen MR) is 74.9 cm³/mol. The van der Waals surface area contributed by atoms with Crippen molar-refractivity contribution in [3.8, 4) is 11.5 Å². The molecule has 1 aromatic heterocycles. The Bertz CT molecular complexity index is 616. The molecule has 0 spiro atoms. The number of anilines is 1. The summed E-state index contributed by atoms with van der Waals surface area (Å²) in [5, 5.41) is 11.6. The molecule has 1 aromatic carbocycles.